The molecule has 1 aliphatic heterocycles. The number of hydrogen-bond donors (Lipinski definition) is 1. The highest BCUT2D eigenvalue weighted by molar-refractivity contribution is 5.88. The van der Waals surface area contributed by atoms with E-state index in [2.05, 4.69) is 0 Å². The molecule has 37 heavy (non-hydrogen) atoms. The van der Waals surface area contributed by atoms with Crippen LogP contribution < -0.4 is 9.47 Å². The van der Waals surface area contributed by atoms with Gasteiger partial charge in [0.25, 0.3) is 5.91 Å². The molecule has 8 nitrogen and oxygen atoms in total. The Morgan fingerprint density at radius 2 is 1.68 bits per heavy atom. The van der Waals surface area contributed by atoms with Gasteiger partial charge in [0.05, 0.1) is 20.3 Å². The summed E-state index contributed by atoms with van der Waals surface area (Å²) in [6.45, 7) is 0.910. The number of nitrogens with zero attached hydrogens (tertiary/aromatic N) is 1. The van der Waals surface area contributed by atoms with Gasteiger partial charge in [0, 0.05) is 25.6 Å². The van der Waals surface area contributed by atoms with Crippen LogP contribution in [0.4, 0.5) is 0 Å². The van der Waals surface area contributed by atoms with Crippen LogP contribution in [0.5, 0.6) is 11.5 Å². The van der Waals surface area contributed by atoms with Crippen LogP contribution >= 0.6 is 0 Å². The minimum absolute atomic E-state index is 0.0807. The van der Waals surface area contributed by atoms with Crippen LogP contribution in [0, 0.1) is 0 Å². The molecule has 2 atom stereocenters. The zero-order valence-electron chi connectivity index (χ0n) is 21.0. The number of methoxy groups -OCH3 is 2. The first-order valence-corrected chi connectivity index (χ1v) is 12.1. The Balaban J connectivity index is 1.65. The predicted molar refractivity (Wildman–Crippen MR) is 136 cm³/mol. The monoisotopic (exact) mass is 505 g/mol. The summed E-state index contributed by atoms with van der Waals surface area (Å²) in [7, 11) is 3.10. The molecular weight excluding hydrogens is 474 g/mol. The Morgan fingerprint density at radius 1 is 0.973 bits per heavy atom. The first-order chi connectivity index (χ1) is 18.0. The molecule has 194 valence electrons. The van der Waals surface area contributed by atoms with Crippen molar-refractivity contribution >= 4 is 11.9 Å². The van der Waals surface area contributed by atoms with Gasteiger partial charge in [-0.05, 0) is 22.8 Å². The second-order valence-corrected chi connectivity index (χ2v) is 8.69. The summed E-state index contributed by atoms with van der Waals surface area (Å²) in [6, 6.07) is 21.3. The highest BCUT2D eigenvalue weighted by Crippen LogP contribution is 2.39. The van der Waals surface area contributed by atoms with E-state index in [4.69, 9.17) is 18.9 Å². The average Bonchev–Trinajstić information content (AvgIpc) is 2.94. The Hall–Kier alpha value is -3.88. The van der Waals surface area contributed by atoms with Crippen molar-refractivity contribution in [2.45, 2.75) is 31.7 Å². The summed E-state index contributed by atoms with van der Waals surface area (Å²) in [6.07, 6.45) is -0.871. The summed E-state index contributed by atoms with van der Waals surface area (Å²) in [5.41, 5.74) is 3.16. The third-order valence-electron chi connectivity index (χ3n) is 6.35. The standard InChI is InChI=1S/C29H31NO7/c1-34-15-16-36-26(21-11-7-4-8-12-21)28(31)30-18-22-13-14-25(35-2)27(23(22)17-24(30)29(32)33)37-19-20-9-5-3-6-10-20/h3-14,24,26H,15-19H2,1-2H3,(H,32,33)/t24-,26+/m0/s1. The van der Waals surface area contributed by atoms with E-state index in [9.17, 15) is 14.7 Å². The molecule has 0 aliphatic carbocycles. The molecule has 4 rings (SSSR count). The van der Waals surface area contributed by atoms with Gasteiger partial charge >= 0.3 is 5.97 Å². The Labute approximate surface area is 216 Å². The van der Waals surface area contributed by atoms with Gasteiger partial charge in [0.15, 0.2) is 17.6 Å². The third kappa shape index (κ3) is 6.10. The van der Waals surface area contributed by atoms with Crippen LogP contribution in [-0.4, -0.2) is 55.4 Å². The second-order valence-electron chi connectivity index (χ2n) is 8.69. The molecule has 3 aromatic carbocycles. The van der Waals surface area contributed by atoms with Crippen LogP contribution in [-0.2, 0) is 38.6 Å². The summed E-state index contributed by atoms with van der Waals surface area (Å²) < 4.78 is 22.7. The van der Waals surface area contributed by atoms with Crippen molar-refractivity contribution in [3.05, 3.63) is 95.1 Å². The summed E-state index contributed by atoms with van der Waals surface area (Å²) in [4.78, 5) is 27.6. The number of aliphatic carboxylic acids is 1. The molecule has 0 saturated heterocycles. The number of carboxylic acids is 1. The fourth-order valence-electron chi connectivity index (χ4n) is 4.45. The fourth-order valence-corrected chi connectivity index (χ4v) is 4.45. The van der Waals surface area contributed by atoms with Crippen LogP contribution in [0.25, 0.3) is 0 Å². The third-order valence-corrected chi connectivity index (χ3v) is 6.35. The Morgan fingerprint density at radius 3 is 2.32 bits per heavy atom. The largest absolute Gasteiger partial charge is 0.493 e. The van der Waals surface area contributed by atoms with Gasteiger partial charge in [0.1, 0.15) is 12.6 Å². The van der Waals surface area contributed by atoms with E-state index in [0.717, 1.165) is 16.7 Å². The van der Waals surface area contributed by atoms with Crippen LogP contribution in [0.1, 0.15) is 28.4 Å². The number of amides is 1. The molecule has 0 spiro atoms. The lowest BCUT2D eigenvalue weighted by Gasteiger charge is -2.37. The number of rotatable bonds is 11. The molecule has 1 amide bonds. The van der Waals surface area contributed by atoms with Crippen LogP contribution in [0.2, 0.25) is 0 Å². The summed E-state index contributed by atoms with van der Waals surface area (Å²) in [5.74, 6) is -0.496. The quantitative estimate of drug-likeness (QED) is 0.394. The number of carbonyl (C=O) groups is 2. The van der Waals surface area contributed by atoms with E-state index < -0.39 is 24.0 Å². The first-order valence-electron chi connectivity index (χ1n) is 12.1. The van der Waals surface area contributed by atoms with Crippen molar-refractivity contribution < 1.29 is 33.6 Å². The van der Waals surface area contributed by atoms with Gasteiger partial charge in [-0.15, -0.1) is 0 Å². The normalized spacial score (nSPS) is 15.5. The molecular formula is C29H31NO7. The van der Waals surface area contributed by atoms with Gasteiger partial charge in [-0.25, -0.2) is 4.79 Å². The molecule has 8 heteroatoms. The minimum atomic E-state index is -1.10. The molecule has 1 N–H and O–H groups in total. The van der Waals surface area contributed by atoms with Gasteiger partial charge in [-0.1, -0.05) is 66.7 Å². The highest BCUT2D eigenvalue weighted by atomic mass is 16.5. The van der Waals surface area contributed by atoms with Crippen molar-refractivity contribution in [2.24, 2.45) is 0 Å². The summed E-state index contributed by atoms with van der Waals surface area (Å²) in [5, 5.41) is 10.1. The topological polar surface area (TPSA) is 94.5 Å². The van der Waals surface area contributed by atoms with Crippen molar-refractivity contribution in [3.8, 4) is 11.5 Å². The molecule has 0 saturated carbocycles. The lowest BCUT2D eigenvalue weighted by molar-refractivity contribution is -0.158. The zero-order chi connectivity index (χ0) is 26.2. The molecule has 0 fully saturated rings. The molecule has 0 aromatic heterocycles. The SMILES string of the molecule is COCCO[C@@H](C(=O)N1Cc2ccc(OC)c(OCc3ccccc3)c2C[C@H]1C(=O)O)c1ccccc1. The molecule has 1 aliphatic rings. The van der Waals surface area contributed by atoms with Crippen molar-refractivity contribution in [1.29, 1.82) is 0 Å². The second kappa shape index (κ2) is 12.4. The molecule has 0 unspecified atom stereocenters. The number of hydrogen-bond acceptors (Lipinski definition) is 6. The van der Waals surface area contributed by atoms with Gasteiger partial charge in [-0.2, -0.15) is 0 Å². The molecule has 0 radical (unpaired) electrons. The van der Waals surface area contributed by atoms with E-state index in [-0.39, 0.29) is 19.6 Å². The first kappa shape index (κ1) is 26.2. The van der Waals surface area contributed by atoms with E-state index in [1.807, 2.05) is 54.6 Å². The molecule has 3 aromatic rings. The minimum Gasteiger partial charge on any atom is -0.493 e. The van der Waals surface area contributed by atoms with Gasteiger partial charge in [0.2, 0.25) is 0 Å². The maximum Gasteiger partial charge on any atom is 0.326 e. The number of carbonyl (C=O) groups excluding carboxylic acids is 1. The van der Waals surface area contributed by atoms with Crippen LogP contribution in [0.15, 0.2) is 72.8 Å². The van der Waals surface area contributed by atoms with E-state index in [0.29, 0.717) is 30.3 Å². The fraction of sp³-hybridized carbons (Fsp3) is 0.310. The van der Waals surface area contributed by atoms with E-state index in [1.54, 1.807) is 32.4 Å². The Kier molecular flexibility index (Phi) is 8.77. The molecule has 0 bridgehead atoms. The van der Waals surface area contributed by atoms with Crippen molar-refractivity contribution in [1.82, 2.24) is 4.90 Å². The van der Waals surface area contributed by atoms with Gasteiger partial charge in [-0.3, -0.25) is 4.79 Å². The number of carboxylic acid groups (broad SMARTS) is 1. The number of benzene rings is 3. The maximum absolute atomic E-state index is 13.8. The van der Waals surface area contributed by atoms with Crippen molar-refractivity contribution in [2.75, 3.05) is 27.4 Å². The predicted octanol–water partition coefficient (Wildman–Crippen LogP) is 4.02. The highest BCUT2D eigenvalue weighted by Gasteiger charge is 2.40. The molecule has 1 heterocycles. The van der Waals surface area contributed by atoms with Crippen LogP contribution in [0.3, 0.4) is 0 Å². The number of fused-ring (bicyclic) bond motifs is 1. The smallest absolute Gasteiger partial charge is 0.326 e. The van der Waals surface area contributed by atoms with E-state index >= 15 is 0 Å². The number of ether oxygens (including phenoxy) is 4. The maximum atomic E-state index is 13.8. The van der Waals surface area contributed by atoms with E-state index in [1.165, 1.54) is 4.90 Å². The Bertz CT molecular complexity index is 1200. The zero-order valence-corrected chi connectivity index (χ0v) is 21.0. The van der Waals surface area contributed by atoms with Crippen molar-refractivity contribution in [3.63, 3.8) is 0 Å². The average molecular weight is 506 g/mol. The lowest BCUT2D eigenvalue weighted by atomic mass is 9.91. The lowest BCUT2D eigenvalue weighted by Crippen LogP contribution is -2.50. The van der Waals surface area contributed by atoms with Gasteiger partial charge < -0.3 is 29.0 Å². The summed E-state index contributed by atoms with van der Waals surface area (Å²) >= 11 is 0.